The maximum atomic E-state index is 11.2. The zero-order valence-corrected chi connectivity index (χ0v) is 12.6. The molecule has 21 heavy (non-hydrogen) atoms. The van der Waals surface area contributed by atoms with Gasteiger partial charge in [-0.25, -0.2) is 15.0 Å². The van der Waals surface area contributed by atoms with Crippen LogP contribution in [0.15, 0.2) is 12.5 Å². The van der Waals surface area contributed by atoms with Crippen LogP contribution in [0.5, 0.6) is 0 Å². The fraction of sp³-hybridized carbons (Fsp3) is 0.417. The van der Waals surface area contributed by atoms with Crippen LogP contribution >= 0.6 is 11.3 Å². The maximum absolute atomic E-state index is 11.2. The molecule has 9 heteroatoms. The molecule has 2 aromatic heterocycles. The fourth-order valence-corrected chi connectivity index (χ4v) is 2.53. The first-order valence-corrected chi connectivity index (χ1v) is 7.38. The van der Waals surface area contributed by atoms with Crippen molar-refractivity contribution in [3.8, 4) is 0 Å². The maximum Gasteiger partial charge on any atom is 0.353 e. The van der Waals surface area contributed by atoms with Gasteiger partial charge in [0.2, 0.25) is 11.6 Å². The van der Waals surface area contributed by atoms with Gasteiger partial charge >= 0.3 is 5.69 Å². The van der Waals surface area contributed by atoms with Crippen molar-refractivity contribution in [2.45, 2.75) is 26.8 Å². The van der Waals surface area contributed by atoms with Gasteiger partial charge in [0, 0.05) is 17.6 Å². The molecule has 0 aromatic carbocycles. The van der Waals surface area contributed by atoms with Gasteiger partial charge in [0.15, 0.2) is 0 Å². The predicted molar refractivity (Wildman–Crippen MR) is 81.7 cm³/mol. The number of nitrogens with zero attached hydrogens (tertiary/aromatic N) is 4. The number of nitrogens with one attached hydrogen (secondary N) is 2. The van der Waals surface area contributed by atoms with Gasteiger partial charge in [-0.05, 0) is 13.3 Å². The molecule has 112 valence electrons. The van der Waals surface area contributed by atoms with Crippen LogP contribution in [-0.4, -0.2) is 26.4 Å². The second kappa shape index (κ2) is 6.93. The minimum absolute atomic E-state index is 0.147. The molecule has 0 aliphatic carbocycles. The lowest BCUT2D eigenvalue weighted by molar-refractivity contribution is -0.383. The summed E-state index contributed by atoms with van der Waals surface area (Å²) in [6, 6.07) is 0. The molecule has 0 bridgehead atoms. The highest BCUT2D eigenvalue weighted by Gasteiger charge is 2.22. The molecule has 2 N–H and O–H groups in total. The third kappa shape index (κ3) is 3.63. The molecule has 2 aromatic rings. The Bertz CT molecular complexity index is 630. The summed E-state index contributed by atoms with van der Waals surface area (Å²) in [7, 11) is 0. The zero-order chi connectivity index (χ0) is 15.2. The highest BCUT2D eigenvalue weighted by atomic mass is 32.1. The summed E-state index contributed by atoms with van der Waals surface area (Å²) in [5.41, 5.74) is -0.147. The number of aromatic nitrogens is 3. The van der Waals surface area contributed by atoms with Crippen LogP contribution in [0.3, 0.4) is 0 Å². The first-order chi connectivity index (χ1) is 10.2. The van der Waals surface area contributed by atoms with Crippen molar-refractivity contribution >= 4 is 28.7 Å². The van der Waals surface area contributed by atoms with Gasteiger partial charge in [0.05, 0.1) is 11.5 Å². The molecule has 0 amide bonds. The minimum atomic E-state index is -0.486. The average molecular weight is 308 g/mol. The number of hydrogen-bond donors (Lipinski definition) is 2. The lowest BCUT2D eigenvalue weighted by atomic mass is 10.4. The Balaban J connectivity index is 2.18. The largest absolute Gasteiger partial charge is 0.364 e. The summed E-state index contributed by atoms with van der Waals surface area (Å²) in [6.45, 7) is 4.85. The Labute approximate surface area is 125 Å². The number of anilines is 2. The number of nitro groups is 1. The van der Waals surface area contributed by atoms with E-state index in [0.29, 0.717) is 13.1 Å². The summed E-state index contributed by atoms with van der Waals surface area (Å²) in [5.74, 6) is 0.410. The molecule has 0 radical (unpaired) electrons. The van der Waals surface area contributed by atoms with Crippen molar-refractivity contribution < 1.29 is 4.92 Å². The molecule has 0 atom stereocenters. The van der Waals surface area contributed by atoms with E-state index in [-0.39, 0.29) is 17.3 Å². The molecule has 2 heterocycles. The van der Waals surface area contributed by atoms with E-state index in [1.54, 1.807) is 11.3 Å². The van der Waals surface area contributed by atoms with Crippen molar-refractivity contribution in [1.82, 2.24) is 15.0 Å². The molecule has 0 aliphatic heterocycles. The van der Waals surface area contributed by atoms with Crippen LogP contribution in [0.25, 0.3) is 0 Å². The van der Waals surface area contributed by atoms with Gasteiger partial charge in [-0.15, -0.1) is 11.3 Å². The van der Waals surface area contributed by atoms with Crippen molar-refractivity contribution in [3.05, 3.63) is 32.5 Å². The fourth-order valence-electron chi connectivity index (χ4n) is 1.73. The summed E-state index contributed by atoms with van der Waals surface area (Å²) >= 11 is 1.58. The average Bonchev–Trinajstić information content (AvgIpc) is 2.93. The number of thiazole rings is 1. The molecule has 0 fully saturated rings. The van der Waals surface area contributed by atoms with Crippen LogP contribution in [-0.2, 0) is 13.0 Å². The van der Waals surface area contributed by atoms with Gasteiger partial charge < -0.3 is 10.6 Å². The summed E-state index contributed by atoms with van der Waals surface area (Å²) in [6.07, 6.45) is 4.04. The van der Waals surface area contributed by atoms with Crippen LogP contribution in [0, 0.1) is 10.1 Å². The topological polar surface area (TPSA) is 106 Å². The molecular weight excluding hydrogens is 292 g/mol. The molecule has 2 rings (SSSR count). The molecule has 0 unspecified atom stereocenters. The molecule has 0 spiro atoms. The van der Waals surface area contributed by atoms with Gasteiger partial charge in [0.1, 0.15) is 11.3 Å². The van der Waals surface area contributed by atoms with Gasteiger partial charge in [-0.1, -0.05) is 6.92 Å². The van der Waals surface area contributed by atoms with Crippen LogP contribution in [0.4, 0.5) is 17.3 Å². The highest BCUT2D eigenvalue weighted by molar-refractivity contribution is 7.11. The first kappa shape index (κ1) is 15.1. The van der Waals surface area contributed by atoms with Crippen molar-refractivity contribution in [2.75, 3.05) is 17.2 Å². The quantitative estimate of drug-likeness (QED) is 0.597. The third-order valence-corrected chi connectivity index (χ3v) is 3.85. The van der Waals surface area contributed by atoms with Crippen molar-refractivity contribution in [3.63, 3.8) is 0 Å². The van der Waals surface area contributed by atoms with E-state index in [1.807, 2.05) is 13.1 Å². The van der Waals surface area contributed by atoms with Gasteiger partial charge in [-0.2, -0.15) is 0 Å². The molecule has 8 nitrogen and oxygen atoms in total. The molecular formula is C12H16N6O2S. The Morgan fingerprint density at radius 1 is 1.24 bits per heavy atom. The molecule has 0 saturated carbocycles. The highest BCUT2D eigenvalue weighted by Crippen LogP contribution is 2.29. The van der Waals surface area contributed by atoms with E-state index in [2.05, 4.69) is 32.5 Å². The van der Waals surface area contributed by atoms with E-state index in [9.17, 15) is 10.1 Å². The summed E-state index contributed by atoms with van der Waals surface area (Å²) in [4.78, 5) is 24.0. The van der Waals surface area contributed by atoms with Crippen molar-refractivity contribution in [2.24, 2.45) is 0 Å². The Morgan fingerprint density at radius 2 is 1.95 bits per heavy atom. The first-order valence-electron chi connectivity index (χ1n) is 6.56. The van der Waals surface area contributed by atoms with Crippen LogP contribution < -0.4 is 10.6 Å². The van der Waals surface area contributed by atoms with E-state index in [0.717, 1.165) is 11.4 Å². The Morgan fingerprint density at radius 3 is 2.52 bits per heavy atom. The second-order valence-corrected chi connectivity index (χ2v) is 5.33. The summed E-state index contributed by atoms with van der Waals surface area (Å²) in [5, 5.41) is 17.9. The number of hydrogen-bond acceptors (Lipinski definition) is 8. The standard InChI is InChI=1S/C12H16N6O2S/c1-3-8-5-14-9(21-8)6-15-12-10(18(19)20)11(13-4-2)16-7-17-12/h5,7H,3-4,6H2,1-2H3,(H2,13,15,16,17). The SMILES string of the molecule is CCNc1ncnc(NCc2ncc(CC)s2)c1[N+](=O)[O-]. The lowest BCUT2D eigenvalue weighted by Crippen LogP contribution is -2.09. The van der Waals surface area contributed by atoms with E-state index in [1.165, 1.54) is 11.2 Å². The Kier molecular flexibility index (Phi) is 4.99. The summed E-state index contributed by atoms with van der Waals surface area (Å²) < 4.78 is 0. The monoisotopic (exact) mass is 308 g/mol. The van der Waals surface area contributed by atoms with E-state index in [4.69, 9.17) is 0 Å². The number of aryl methyl sites for hydroxylation is 1. The predicted octanol–water partition coefficient (Wildman–Crippen LogP) is 2.45. The third-order valence-electron chi connectivity index (χ3n) is 2.71. The zero-order valence-electron chi connectivity index (χ0n) is 11.8. The smallest absolute Gasteiger partial charge is 0.353 e. The second-order valence-electron chi connectivity index (χ2n) is 4.13. The molecule has 0 saturated heterocycles. The Hall–Kier alpha value is -2.29. The van der Waals surface area contributed by atoms with E-state index < -0.39 is 4.92 Å². The van der Waals surface area contributed by atoms with Gasteiger partial charge in [0.25, 0.3) is 0 Å². The van der Waals surface area contributed by atoms with Crippen LogP contribution in [0.1, 0.15) is 23.7 Å². The number of rotatable bonds is 7. The van der Waals surface area contributed by atoms with E-state index >= 15 is 0 Å². The van der Waals surface area contributed by atoms with Crippen molar-refractivity contribution in [1.29, 1.82) is 0 Å². The van der Waals surface area contributed by atoms with Gasteiger partial charge in [-0.3, -0.25) is 10.1 Å². The lowest BCUT2D eigenvalue weighted by Gasteiger charge is -2.07. The van der Waals surface area contributed by atoms with Crippen LogP contribution in [0.2, 0.25) is 0 Å². The minimum Gasteiger partial charge on any atom is -0.364 e. The molecule has 0 aliphatic rings. The normalized spacial score (nSPS) is 10.4.